The Bertz CT molecular complexity index is 443. The van der Waals surface area contributed by atoms with Crippen LogP contribution < -0.4 is 4.90 Å². The van der Waals surface area contributed by atoms with Crippen molar-refractivity contribution in [3.63, 3.8) is 0 Å². The highest BCUT2D eigenvalue weighted by Gasteiger charge is 2.19. The SMILES string of the molecule is CC.CCc1ccc(N2CCN(CCOC(C)C)CC2)c(F)c1. The molecule has 1 aliphatic rings. The van der Waals surface area contributed by atoms with Crippen LogP contribution in [0.15, 0.2) is 18.2 Å². The lowest BCUT2D eigenvalue weighted by Gasteiger charge is -2.36. The predicted molar refractivity (Wildman–Crippen MR) is 96.9 cm³/mol. The van der Waals surface area contributed by atoms with E-state index in [2.05, 4.69) is 23.6 Å². The highest BCUT2D eigenvalue weighted by atomic mass is 19.1. The molecule has 0 radical (unpaired) electrons. The molecule has 2 rings (SSSR count). The molecule has 1 aliphatic heterocycles. The lowest BCUT2D eigenvalue weighted by atomic mass is 10.1. The molecule has 0 aromatic heterocycles. The van der Waals surface area contributed by atoms with Gasteiger partial charge in [0.2, 0.25) is 0 Å². The zero-order valence-electron chi connectivity index (χ0n) is 15.4. The maximum Gasteiger partial charge on any atom is 0.146 e. The Kier molecular flexibility index (Phi) is 9.19. The summed E-state index contributed by atoms with van der Waals surface area (Å²) in [6, 6.07) is 5.62. The van der Waals surface area contributed by atoms with Gasteiger partial charge in [-0.2, -0.15) is 0 Å². The summed E-state index contributed by atoms with van der Waals surface area (Å²) in [5.74, 6) is -0.0917. The maximum absolute atomic E-state index is 14.1. The molecule has 0 bridgehead atoms. The van der Waals surface area contributed by atoms with Gasteiger partial charge in [0.15, 0.2) is 0 Å². The van der Waals surface area contributed by atoms with Crippen molar-refractivity contribution in [2.24, 2.45) is 0 Å². The summed E-state index contributed by atoms with van der Waals surface area (Å²) in [5, 5.41) is 0. The molecule has 1 aromatic carbocycles. The van der Waals surface area contributed by atoms with Gasteiger partial charge in [0, 0.05) is 32.7 Å². The molecule has 0 unspecified atom stereocenters. The van der Waals surface area contributed by atoms with E-state index in [0.29, 0.717) is 0 Å². The summed E-state index contributed by atoms with van der Waals surface area (Å²) in [6.07, 6.45) is 1.17. The first-order valence-electron chi connectivity index (χ1n) is 8.97. The molecule has 132 valence electrons. The van der Waals surface area contributed by atoms with Crippen molar-refractivity contribution in [1.82, 2.24) is 4.90 Å². The number of benzene rings is 1. The minimum atomic E-state index is -0.0917. The Morgan fingerprint density at radius 3 is 2.30 bits per heavy atom. The smallest absolute Gasteiger partial charge is 0.146 e. The van der Waals surface area contributed by atoms with Gasteiger partial charge >= 0.3 is 0 Å². The second-order valence-corrected chi connectivity index (χ2v) is 5.89. The molecule has 3 nitrogen and oxygen atoms in total. The van der Waals surface area contributed by atoms with Gasteiger partial charge in [-0.1, -0.05) is 26.8 Å². The van der Waals surface area contributed by atoms with Crippen LogP contribution in [0.4, 0.5) is 10.1 Å². The summed E-state index contributed by atoms with van der Waals surface area (Å²) in [7, 11) is 0. The van der Waals surface area contributed by atoms with E-state index in [9.17, 15) is 4.39 Å². The van der Waals surface area contributed by atoms with E-state index in [-0.39, 0.29) is 11.9 Å². The van der Waals surface area contributed by atoms with Gasteiger partial charge in [-0.05, 0) is 38.0 Å². The van der Waals surface area contributed by atoms with Gasteiger partial charge < -0.3 is 9.64 Å². The first-order chi connectivity index (χ1) is 11.1. The average molecular weight is 324 g/mol. The highest BCUT2D eigenvalue weighted by Crippen LogP contribution is 2.22. The minimum absolute atomic E-state index is 0.0917. The zero-order chi connectivity index (χ0) is 17.2. The number of hydrogen-bond donors (Lipinski definition) is 0. The van der Waals surface area contributed by atoms with E-state index >= 15 is 0 Å². The standard InChI is InChI=1S/C17H27FN2O.C2H6/c1-4-15-5-6-17(16(18)13-15)20-9-7-19(8-10-20)11-12-21-14(2)3;1-2/h5-6,13-14H,4,7-12H2,1-3H3;1-2H3. The number of piperazine rings is 1. The third-order valence-corrected chi connectivity index (χ3v) is 3.99. The molecule has 0 atom stereocenters. The first kappa shape index (κ1) is 19.9. The summed E-state index contributed by atoms with van der Waals surface area (Å²) in [4.78, 5) is 4.53. The molecule has 1 fully saturated rings. The van der Waals surface area contributed by atoms with Crippen LogP contribution in [0, 0.1) is 5.82 Å². The number of ether oxygens (including phenoxy) is 1. The number of halogens is 1. The Labute approximate surface area is 141 Å². The van der Waals surface area contributed by atoms with Crippen LogP contribution in [0.25, 0.3) is 0 Å². The summed E-state index contributed by atoms with van der Waals surface area (Å²) in [6.45, 7) is 15.6. The zero-order valence-corrected chi connectivity index (χ0v) is 15.4. The molecule has 0 aliphatic carbocycles. The molecular weight excluding hydrogens is 291 g/mol. The topological polar surface area (TPSA) is 15.7 Å². The summed E-state index contributed by atoms with van der Waals surface area (Å²) < 4.78 is 19.7. The molecule has 0 N–H and O–H groups in total. The largest absolute Gasteiger partial charge is 0.377 e. The summed E-state index contributed by atoms with van der Waals surface area (Å²) >= 11 is 0. The molecule has 0 amide bonds. The van der Waals surface area contributed by atoms with Crippen molar-refractivity contribution in [1.29, 1.82) is 0 Å². The van der Waals surface area contributed by atoms with Crippen molar-refractivity contribution in [2.45, 2.75) is 47.1 Å². The number of nitrogens with zero attached hydrogens (tertiary/aromatic N) is 2. The van der Waals surface area contributed by atoms with Gasteiger partial charge in [-0.3, -0.25) is 4.90 Å². The van der Waals surface area contributed by atoms with Crippen LogP contribution in [0.2, 0.25) is 0 Å². The number of anilines is 1. The minimum Gasteiger partial charge on any atom is -0.377 e. The van der Waals surface area contributed by atoms with Crippen LogP contribution in [0.5, 0.6) is 0 Å². The van der Waals surface area contributed by atoms with E-state index in [1.807, 2.05) is 32.9 Å². The predicted octanol–water partition coefficient (Wildman–Crippen LogP) is 3.96. The molecule has 0 spiro atoms. The molecule has 23 heavy (non-hydrogen) atoms. The summed E-state index contributed by atoms with van der Waals surface area (Å²) in [5.41, 5.74) is 1.80. The third-order valence-electron chi connectivity index (χ3n) is 3.99. The van der Waals surface area contributed by atoms with E-state index in [1.54, 1.807) is 6.07 Å². The van der Waals surface area contributed by atoms with Crippen LogP contribution >= 0.6 is 0 Å². The van der Waals surface area contributed by atoms with E-state index < -0.39 is 0 Å². The number of rotatable bonds is 6. The maximum atomic E-state index is 14.1. The Morgan fingerprint density at radius 1 is 1.13 bits per heavy atom. The van der Waals surface area contributed by atoms with Crippen LogP contribution in [0.1, 0.15) is 40.2 Å². The molecule has 0 saturated carbocycles. The van der Waals surface area contributed by atoms with E-state index in [4.69, 9.17) is 4.74 Å². The molecular formula is C19H33FN2O. The number of hydrogen-bond acceptors (Lipinski definition) is 3. The van der Waals surface area contributed by atoms with Crippen LogP contribution in [0.3, 0.4) is 0 Å². The van der Waals surface area contributed by atoms with Crippen molar-refractivity contribution < 1.29 is 9.13 Å². The van der Waals surface area contributed by atoms with Crippen LogP contribution in [-0.2, 0) is 11.2 Å². The van der Waals surface area contributed by atoms with Crippen molar-refractivity contribution in [2.75, 3.05) is 44.2 Å². The Balaban J connectivity index is 0.00000127. The Morgan fingerprint density at radius 2 is 1.78 bits per heavy atom. The van der Waals surface area contributed by atoms with Gasteiger partial charge in [0.1, 0.15) is 5.82 Å². The van der Waals surface area contributed by atoms with Gasteiger partial charge in [0.25, 0.3) is 0 Å². The third kappa shape index (κ3) is 6.48. The fraction of sp³-hybridized carbons (Fsp3) is 0.684. The second kappa shape index (κ2) is 10.6. The average Bonchev–Trinajstić information content (AvgIpc) is 2.57. The van der Waals surface area contributed by atoms with Crippen LogP contribution in [-0.4, -0.2) is 50.3 Å². The van der Waals surface area contributed by atoms with Gasteiger partial charge in [-0.15, -0.1) is 0 Å². The molecule has 1 saturated heterocycles. The van der Waals surface area contributed by atoms with Gasteiger partial charge in [-0.25, -0.2) is 4.39 Å². The lowest BCUT2D eigenvalue weighted by Crippen LogP contribution is -2.47. The Hall–Kier alpha value is -1.13. The highest BCUT2D eigenvalue weighted by molar-refractivity contribution is 5.49. The molecule has 1 heterocycles. The molecule has 4 heteroatoms. The monoisotopic (exact) mass is 324 g/mol. The number of aryl methyl sites for hydroxylation is 1. The van der Waals surface area contributed by atoms with Gasteiger partial charge in [0.05, 0.1) is 18.4 Å². The fourth-order valence-corrected chi connectivity index (χ4v) is 2.66. The van der Waals surface area contributed by atoms with Crippen molar-refractivity contribution >= 4 is 5.69 Å². The van der Waals surface area contributed by atoms with Crippen molar-refractivity contribution in [3.8, 4) is 0 Å². The second-order valence-electron chi connectivity index (χ2n) is 5.89. The first-order valence-corrected chi connectivity index (χ1v) is 8.97. The van der Waals surface area contributed by atoms with Crippen molar-refractivity contribution in [3.05, 3.63) is 29.6 Å². The normalized spacial score (nSPS) is 15.5. The fourth-order valence-electron chi connectivity index (χ4n) is 2.66. The van der Waals surface area contributed by atoms with E-state index in [0.717, 1.165) is 57.0 Å². The van der Waals surface area contributed by atoms with E-state index in [1.165, 1.54) is 0 Å². The quantitative estimate of drug-likeness (QED) is 0.788. The molecule has 1 aromatic rings. The lowest BCUT2D eigenvalue weighted by molar-refractivity contribution is 0.0578.